The second-order valence-corrected chi connectivity index (χ2v) is 6.54. The lowest BCUT2D eigenvalue weighted by molar-refractivity contribution is -0.117. The first-order chi connectivity index (χ1) is 13.6. The molecule has 2 N–H and O–H groups in total. The summed E-state index contributed by atoms with van der Waals surface area (Å²) >= 11 is 0. The van der Waals surface area contributed by atoms with E-state index < -0.39 is 0 Å². The Morgan fingerprint density at radius 3 is 2.64 bits per heavy atom. The number of carbonyl (C=O) groups excluding carboxylic acids is 2. The number of hydrogen-bond donors (Lipinski definition) is 2. The predicted molar refractivity (Wildman–Crippen MR) is 108 cm³/mol. The van der Waals surface area contributed by atoms with Crippen molar-refractivity contribution in [2.24, 2.45) is 5.92 Å². The van der Waals surface area contributed by atoms with E-state index in [0.29, 0.717) is 37.6 Å². The van der Waals surface area contributed by atoms with Crippen LogP contribution < -0.4 is 25.0 Å². The molecule has 0 aliphatic carbocycles. The molecular formula is C21H25N3O4. The Labute approximate surface area is 164 Å². The molecule has 0 bridgehead atoms. The van der Waals surface area contributed by atoms with E-state index >= 15 is 0 Å². The number of carbonyl (C=O) groups is 2. The highest BCUT2D eigenvalue weighted by molar-refractivity contribution is 5.96. The molecule has 0 saturated carbocycles. The molecule has 28 heavy (non-hydrogen) atoms. The first-order valence-corrected chi connectivity index (χ1v) is 9.31. The highest BCUT2D eigenvalue weighted by Gasteiger charge is 2.30. The van der Waals surface area contributed by atoms with Gasteiger partial charge in [0.1, 0.15) is 11.5 Å². The Hall–Kier alpha value is -3.22. The van der Waals surface area contributed by atoms with Crippen molar-refractivity contribution in [3.05, 3.63) is 48.5 Å². The van der Waals surface area contributed by atoms with Crippen molar-refractivity contribution in [1.29, 1.82) is 0 Å². The van der Waals surface area contributed by atoms with Crippen LogP contribution in [0.3, 0.4) is 0 Å². The molecular weight excluding hydrogens is 358 g/mol. The maximum absolute atomic E-state index is 12.4. The summed E-state index contributed by atoms with van der Waals surface area (Å²) < 4.78 is 10.7. The summed E-state index contributed by atoms with van der Waals surface area (Å²) in [6.45, 7) is 3.52. The van der Waals surface area contributed by atoms with Gasteiger partial charge in [0.25, 0.3) is 0 Å². The topological polar surface area (TPSA) is 79.9 Å². The Kier molecular flexibility index (Phi) is 6.37. The number of rotatable bonds is 7. The van der Waals surface area contributed by atoms with Crippen LogP contribution in [0.15, 0.2) is 48.5 Å². The van der Waals surface area contributed by atoms with Gasteiger partial charge in [0, 0.05) is 31.1 Å². The zero-order valence-electron chi connectivity index (χ0n) is 16.1. The third-order valence-electron chi connectivity index (χ3n) is 4.57. The van der Waals surface area contributed by atoms with E-state index in [-0.39, 0.29) is 17.9 Å². The molecule has 1 fully saturated rings. The molecule has 1 aliphatic rings. The van der Waals surface area contributed by atoms with Gasteiger partial charge in [0.15, 0.2) is 0 Å². The van der Waals surface area contributed by atoms with Gasteiger partial charge >= 0.3 is 6.03 Å². The van der Waals surface area contributed by atoms with Crippen LogP contribution in [-0.4, -0.2) is 38.7 Å². The fourth-order valence-electron chi connectivity index (χ4n) is 3.21. The van der Waals surface area contributed by atoms with E-state index in [0.717, 1.165) is 11.4 Å². The first-order valence-electron chi connectivity index (χ1n) is 9.31. The fraction of sp³-hybridized carbons (Fsp3) is 0.333. The van der Waals surface area contributed by atoms with Gasteiger partial charge in [0.05, 0.1) is 19.4 Å². The summed E-state index contributed by atoms with van der Waals surface area (Å²) in [5, 5.41) is 5.61. The van der Waals surface area contributed by atoms with Gasteiger partial charge in [-0.05, 0) is 43.3 Å². The Morgan fingerprint density at radius 1 is 1.18 bits per heavy atom. The second kappa shape index (κ2) is 9.12. The molecule has 3 amide bonds. The van der Waals surface area contributed by atoms with E-state index in [4.69, 9.17) is 9.47 Å². The van der Waals surface area contributed by atoms with E-state index in [1.165, 1.54) is 0 Å². The number of nitrogens with zero attached hydrogens (tertiary/aromatic N) is 1. The van der Waals surface area contributed by atoms with Gasteiger partial charge in [0.2, 0.25) is 5.91 Å². The van der Waals surface area contributed by atoms with Crippen LogP contribution >= 0.6 is 0 Å². The fourth-order valence-corrected chi connectivity index (χ4v) is 3.21. The molecule has 1 atom stereocenters. The minimum Gasteiger partial charge on any atom is -0.495 e. The van der Waals surface area contributed by atoms with Crippen LogP contribution in [0.5, 0.6) is 11.5 Å². The van der Waals surface area contributed by atoms with Crippen molar-refractivity contribution in [3.63, 3.8) is 0 Å². The summed E-state index contributed by atoms with van der Waals surface area (Å²) in [7, 11) is 1.55. The van der Waals surface area contributed by atoms with Crippen molar-refractivity contribution < 1.29 is 19.1 Å². The zero-order chi connectivity index (χ0) is 19.9. The molecule has 0 radical (unpaired) electrons. The number of methoxy groups -OCH3 is 1. The summed E-state index contributed by atoms with van der Waals surface area (Å²) in [5.41, 5.74) is 1.44. The maximum Gasteiger partial charge on any atom is 0.319 e. The van der Waals surface area contributed by atoms with E-state index in [1.807, 2.05) is 43.3 Å². The standard InChI is InChI=1S/C21H25N3O4/c1-3-28-17-10-8-16(9-11-17)24-14-15(12-20(24)25)13-22-21(26)23-18-6-4-5-7-19(18)27-2/h4-11,15H,3,12-14H2,1-2H3,(H2,22,23,26)/t15-/m0/s1. The molecule has 1 heterocycles. The number of benzene rings is 2. The van der Waals surface area contributed by atoms with E-state index in [1.54, 1.807) is 24.1 Å². The Morgan fingerprint density at radius 2 is 1.93 bits per heavy atom. The summed E-state index contributed by atoms with van der Waals surface area (Å²) in [6, 6.07) is 14.4. The third-order valence-corrected chi connectivity index (χ3v) is 4.57. The predicted octanol–water partition coefficient (Wildman–Crippen LogP) is 3.27. The number of hydrogen-bond acceptors (Lipinski definition) is 4. The highest BCUT2D eigenvalue weighted by Crippen LogP contribution is 2.27. The van der Waals surface area contributed by atoms with Crippen molar-refractivity contribution >= 4 is 23.3 Å². The van der Waals surface area contributed by atoms with Gasteiger partial charge in [-0.25, -0.2) is 4.79 Å². The van der Waals surface area contributed by atoms with Gasteiger partial charge in [-0.3, -0.25) is 4.79 Å². The number of para-hydroxylation sites is 2. The molecule has 2 aromatic carbocycles. The molecule has 7 nitrogen and oxygen atoms in total. The monoisotopic (exact) mass is 383 g/mol. The van der Waals surface area contributed by atoms with Crippen molar-refractivity contribution in [2.75, 3.05) is 37.0 Å². The van der Waals surface area contributed by atoms with Gasteiger partial charge in [-0.2, -0.15) is 0 Å². The molecule has 2 aromatic rings. The molecule has 3 rings (SSSR count). The highest BCUT2D eigenvalue weighted by atomic mass is 16.5. The number of nitrogens with one attached hydrogen (secondary N) is 2. The van der Waals surface area contributed by atoms with Crippen LogP contribution in [0.2, 0.25) is 0 Å². The third kappa shape index (κ3) is 4.73. The van der Waals surface area contributed by atoms with Crippen molar-refractivity contribution in [3.8, 4) is 11.5 Å². The number of ether oxygens (including phenoxy) is 2. The average molecular weight is 383 g/mol. The minimum atomic E-state index is -0.323. The average Bonchev–Trinajstić information content (AvgIpc) is 3.08. The van der Waals surface area contributed by atoms with Crippen LogP contribution in [-0.2, 0) is 4.79 Å². The summed E-state index contributed by atoms with van der Waals surface area (Å²) in [5.74, 6) is 1.49. The maximum atomic E-state index is 12.4. The molecule has 148 valence electrons. The second-order valence-electron chi connectivity index (χ2n) is 6.54. The number of amides is 3. The molecule has 0 aromatic heterocycles. The first kappa shape index (κ1) is 19.5. The zero-order valence-corrected chi connectivity index (χ0v) is 16.1. The Bertz CT molecular complexity index is 823. The number of anilines is 2. The lowest BCUT2D eigenvalue weighted by atomic mass is 10.1. The lowest BCUT2D eigenvalue weighted by Gasteiger charge is -2.17. The van der Waals surface area contributed by atoms with Crippen LogP contribution in [0.4, 0.5) is 16.2 Å². The molecule has 1 saturated heterocycles. The molecule has 0 spiro atoms. The quantitative estimate of drug-likeness (QED) is 0.769. The lowest BCUT2D eigenvalue weighted by Crippen LogP contribution is -2.34. The molecule has 0 unspecified atom stereocenters. The van der Waals surface area contributed by atoms with Crippen LogP contribution in [0.1, 0.15) is 13.3 Å². The van der Waals surface area contributed by atoms with Crippen LogP contribution in [0, 0.1) is 5.92 Å². The van der Waals surface area contributed by atoms with Crippen LogP contribution in [0.25, 0.3) is 0 Å². The van der Waals surface area contributed by atoms with E-state index in [9.17, 15) is 9.59 Å². The van der Waals surface area contributed by atoms with Gasteiger partial charge in [-0.1, -0.05) is 12.1 Å². The molecule has 7 heteroatoms. The summed E-state index contributed by atoms with van der Waals surface area (Å²) in [4.78, 5) is 26.3. The van der Waals surface area contributed by atoms with Crippen molar-refractivity contribution in [2.45, 2.75) is 13.3 Å². The van der Waals surface area contributed by atoms with E-state index in [2.05, 4.69) is 10.6 Å². The minimum absolute atomic E-state index is 0.0566. The van der Waals surface area contributed by atoms with Gasteiger partial charge in [-0.15, -0.1) is 0 Å². The smallest absolute Gasteiger partial charge is 0.319 e. The summed E-state index contributed by atoms with van der Waals surface area (Å²) in [6.07, 6.45) is 0.405. The largest absolute Gasteiger partial charge is 0.495 e. The van der Waals surface area contributed by atoms with Crippen molar-refractivity contribution in [1.82, 2.24) is 5.32 Å². The SMILES string of the molecule is CCOc1ccc(N2C[C@H](CNC(=O)Nc3ccccc3OC)CC2=O)cc1. The normalized spacial score (nSPS) is 16.0. The molecule has 1 aliphatic heterocycles. The Balaban J connectivity index is 1.52. The van der Waals surface area contributed by atoms with Gasteiger partial charge < -0.3 is 25.0 Å². The number of urea groups is 1.